The average Bonchev–Trinajstić information content (AvgIpc) is 3.07. The van der Waals surface area contributed by atoms with Gasteiger partial charge in [-0.3, -0.25) is 9.36 Å². The SMILES string of the molecule is COc1ccccc1Cn1c2nc3ccccc3nc2c2c(=O)n(CC(C)C)c(C)nc21. The van der Waals surface area contributed by atoms with Gasteiger partial charge in [-0.15, -0.1) is 0 Å². The monoisotopic (exact) mass is 427 g/mol. The van der Waals surface area contributed by atoms with Crippen molar-refractivity contribution in [2.45, 2.75) is 33.9 Å². The van der Waals surface area contributed by atoms with Crippen molar-refractivity contribution in [2.24, 2.45) is 5.92 Å². The lowest BCUT2D eigenvalue weighted by Gasteiger charge is -2.13. The minimum atomic E-state index is -0.0745. The number of methoxy groups -OCH3 is 1. The number of hydrogen-bond acceptors (Lipinski definition) is 5. The van der Waals surface area contributed by atoms with Gasteiger partial charge in [0.1, 0.15) is 22.5 Å². The summed E-state index contributed by atoms with van der Waals surface area (Å²) >= 11 is 0. The first-order valence-corrected chi connectivity index (χ1v) is 10.8. The topological polar surface area (TPSA) is 74.8 Å². The molecule has 162 valence electrons. The van der Waals surface area contributed by atoms with Gasteiger partial charge in [-0.05, 0) is 31.0 Å². The zero-order valence-corrected chi connectivity index (χ0v) is 18.7. The number of para-hydroxylation sites is 3. The van der Waals surface area contributed by atoms with E-state index in [1.165, 1.54) is 0 Å². The largest absolute Gasteiger partial charge is 0.496 e. The van der Waals surface area contributed by atoms with Crippen LogP contribution < -0.4 is 10.3 Å². The van der Waals surface area contributed by atoms with Crippen LogP contribution in [0.4, 0.5) is 0 Å². The van der Waals surface area contributed by atoms with Crippen LogP contribution in [0.2, 0.25) is 0 Å². The van der Waals surface area contributed by atoms with E-state index in [0.29, 0.717) is 47.0 Å². The van der Waals surface area contributed by atoms with E-state index in [9.17, 15) is 4.79 Å². The Kier molecular flexibility index (Phi) is 4.89. The summed E-state index contributed by atoms with van der Waals surface area (Å²) in [6, 6.07) is 15.6. The van der Waals surface area contributed by atoms with E-state index in [1.54, 1.807) is 11.7 Å². The molecule has 0 spiro atoms. The van der Waals surface area contributed by atoms with Crippen molar-refractivity contribution in [3.8, 4) is 5.75 Å². The van der Waals surface area contributed by atoms with Crippen LogP contribution in [-0.2, 0) is 13.1 Å². The molecule has 0 atom stereocenters. The Hall–Kier alpha value is -3.74. The highest BCUT2D eigenvalue weighted by molar-refractivity contribution is 6.04. The second kappa shape index (κ2) is 7.75. The molecule has 0 aliphatic heterocycles. The van der Waals surface area contributed by atoms with Gasteiger partial charge in [0.15, 0.2) is 11.3 Å². The van der Waals surface area contributed by atoms with E-state index in [4.69, 9.17) is 19.7 Å². The fraction of sp³-hybridized carbons (Fsp3) is 0.280. The maximum atomic E-state index is 13.6. The fourth-order valence-corrected chi connectivity index (χ4v) is 4.23. The highest BCUT2D eigenvalue weighted by Gasteiger charge is 2.22. The summed E-state index contributed by atoms with van der Waals surface area (Å²) < 4.78 is 9.29. The first kappa shape index (κ1) is 20.2. The van der Waals surface area contributed by atoms with Crippen LogP contribution in [0.25, 0.3) is 33.2 Å². The fourth-order valence-electron chi connectivity index (χ4n) is 4.23. The third-order valence-electron chi connectivity index (χ3n) is 5.71. The lowest BCUT2D eigenvalue weighted by molar-refractivity contribution is 0.409. The minimum absolute atomic E-state index is 0.0745. The predicted octanol–water partition coefficient (Wildman–Crippen LogP) is 4.32. The van der Waals surface area contributed by atoms with Crippen LogP contribution in [0.5, 0.6) is 5.75 Å². The van der Waals surface area contributed by atoms with Crippen LogP contribution >= 0.6 is 0 Å². The average molecular weight is 428 g/mol. The van der Waals surface area contributed by atoms with Gasteiger partial charge in [0.05, 0.1) is 24.7 Å². The number of aryl methyl sites for hydroxylation is 1. The molecule has 5 rings (SSSR count). The number of nitrogens with zero attached hydrogens (tertiary/aromatic N) is 5. The molecule has 0 bridgehead atoms. The molecule has 0 aliphatic rings. The Morgan fingerprint density at radius 2 is 1.59 bits per heavy atom. The maximum absolute atomic E-state index is 13.6. The molecular formula is C25H25N5O2. The van der Waals surface area contributed by atoms with E-state index in [2.05, 4.69) is 13.8 Å². The van der Waals surface area contributed by atoms with E-state index in [1.807, 2.05) is 60.0 Å². The summed E-state index contributed by atoms with van der Waals surface area (Å²) in [6.07, 6.45) is 0. The second-order valence-corrected chi connectivity index (χ2v) is 8.45. The third-order valence-corrected chi connectivity index (χ3v) is 5.71. The van der Waals surface area contributed by atoms with Gasteiger partial charge < -0.3 is 9.30 Å². The quantitative estimate of drug-likeness (QED) is 0.418. The number of fused-ring (bicyclic) bond motifs is 4. The highest BCUT2D eigenvalue weighted by Crippen LogP contribution is 2.28. The second-order valence-electron chi connectivity index (χ2n) is 8.45. The molecule has 0 fully saturated rings. The maximum Gasteiger partial charge on any atom is 0.265 e. The smallest absolute Gasteiger partial charge is 0.265 e. The van der Waals surface area contributed by atoms with Crippen LogP contribution in [0.1, 0.15) is 25.2 Å². The molecule has 0 amide bonds. The van der Waals surface area contributed by atoms with Crippen molar-refractivity contribution < 1.29 is 4.74 Å². The van der Waals surface area contributed by atoms with Gasteiger partial charge in [0.25, 0.3) is 5.56 Å². The number of hydrogen-bond donors (Lipinski definition) is 0. The van der Waals surface area contributed by atoms with Gasteiger partial charge in [-0.1, -0.05) is 44.2 Å². The van der Waals surface area contributed by atoms with Crippen LogP contribution in [-0.4, -0.2) is 31.2 Å². The summed E-state index contributed by atoms with van der Waals surface area (Å²) in [5.74, 6) is 1.78. The normalized spacial score (nSPS) is 11.8. The van der Waals surface area contributed by atoms with E-state index in [0.717, 1.165) is 22.3 Å². The minimum Gasteiger partial charge on any atom is -0.496 e. The van der Waals surface area contributed by atoms with Crippen molar-refractivity contribution in [1.29, 1.82) is 0 Å². The Morgan fingerprint density at radius 1 is 0.906 bits per heavy atom. The Balaban J connectivity index is 1.88. The molecule has 0 N–H and O–H groups in total. The summed E-state index contributed by atoms with van der Waals surface area (Å²) in [4.78, 5) is 28.3. The number of ether oxygens (including phenoxy) is 1. The van der Waals surface area contributed by atoms with Gasteiger partial charge in [0, 0.05) is 12.1 Å². The van der Waals surface area contributed by atoms with Crippen LogP contribution in [0.3, 0.4) is 0 Å². The van der Waals surface area contributed by atoms with E-state index < -0.39 is 0 Å². The van der Waals surface area contributed by atoms with Crippen molar-refractivity contribution in [2.75, 3.05) is 7.11 Å². The first-order valence-electron chi connectivity index (χ1n) is 10.8. The number of rotatable bonds is 5. The van der Waals surface area contributed by atoms with Crippen molar-refractivity contribution >= 4 is 33.2 Å². The Morgan fingerprint density at radius 3 is 2.31 bits per heavy atom. The van der Waals surface area contributed by atoms with Crippen molar-refractivity contribution in [3.63, 3.8) is 0 Å². The molecule has 3 aromatic heterocycles. The molecule has 3 heterocycles. The Labute approximate surface area is 185 Å². The van der Waals surface area contributed by atoms with Gasteiger partial charge in [-0.25, -0.2) is 15.0 Å². The molecule has 7 nitrogen and oxygen atoms in total. The zero-order chi connectivity index (χ0) is 22.4. The van der Waals surface area contributed by atoms with E-state index >= 15 is 0 Å². The van der Waals surface area contributed by atoms with Gasteiger partial charge >= 0.3 is 0 Å². The standard InChI is InChI=1S/C25H25N5O2/c1-15(2)13-29-16(3)26-23-21(25(29)31)22-24(28-19-11-7-6-10-18(19)27-22)30(23)14-17-9-5-8-12-20(17)32-4/h5-12,15H,13-14H2,1-4H3. The molecule has 0 aliphatic carbocycles. The Bertz CT molecular complexity index is 1530. The van der Waals surface area contributed by atoms with Gasteiger partial charge in [0.2, 0.25) is 0 Å². The first-order chi connectivity index (χ1) is 15.5. The summed E-state index contributed by atoms with van der Waals surface area (Å²) in [5.41, 5.74) is 4.28. The number of aromatic nitrogens is 5. The van der Waals surface area contributed by atoms with Crippen molar-refractivity contribution in [1.82, 2.24) is 24.1 Å². The molecule has 0 saturated heterocycles. The molecule has 7 heteroatoms. The van der Waals surface area contributed by atoms with E-state index in [-0.39, 0.29) is 5.56 Å². The lowest BCUT2D eigenvalue weighted by Crippen LogP contribution is -2.26. The summed E-state index contributed by atoms with van der Waals surface area (Å²) in [5, 5.41) is 0.513. The summed E-state index contributed by atoms with van der Waals surface area (Å²) in [6.45, 7) is 7.14. The highest BCUT2D eigenvalue weighted by atomic mass is 16.5. The molecular weight excluding hydrogens is 402 g/mol. The molecule has 0 unspecified atom stereocenters. The van der Waals surface area contributed by atoms with Gasteiger partial charge in [-0.2, -0.15) is 0 Å². The molecule has 32 heavy (non-hydrogen) atoms. The molecule has 5 aromatic rings. The van der Waals surface area contributed by atoms with Crippen LogP contribution in [0.15, 0.2) is 53.3 Å². The molecule has 0 radical (unpaired) electrons. The third kappa shape index (κ3) is 3.21. The van der Waals surface area contributed by atoms with Crippen LogP contribution in [0, 0.1) is 12.8 Å². The lowest BCUT2D eigenvalue weighted by atomic mass is 10.2. The predicted molar refractivity (Wildman–Crippen MR) is 126 cm³/mol. The zero-order valence-electron chi connectivity index (χ0n) is 18.7. The summed E-state index contributed by atoms with van der Waals surface area (Å²) in [7, 11) is 1.66. The molecule has 0 saturated carbocycles. The van der Waals surface area contributed by atoms with Crippen molar-refractivity contribution in [3.05, 3.63) is 70.3 Å². The number of benzene rings is 2. The molecule has 2 aromatic carbocycles.